The van der Waals surface area contributed by atoms with Crippen molar-refractivity contribution in [2.75, 3.05) is 4.72 Å². The molecule has 0 atom stereocenters. The molecule has 0 aliphatic carbocycles. The minimum atomic E-state index is -4.53. The van der Waals surface area contributed by atoms with E-state index in [9.17, 15) is 26.8 Å². The van der Waals surface area contributed by atoms with Gasteiger partial charge in [-0.15, -0.1) is 0 Å². The van der Waals surface area contributed by atoms with Crippen LogP contribution in [0, 0.1) is 18.6 Å². The summed E-state index contributed by atoms with van der Waals surface area (Å²) in [5.74, 6) is -1.86. The molecule has 7 nitrogen and oxygen atoms in total. The third kappa shape index (κ3) is 2.89. The molecule has 0 fully saturated rings. The van der Waals surface area contributed by atoms with Gasteiger partial charge in [-0.05, 0) is 19.1 Å². The zero-order valence-corrected chi connectivity index (χ0v) is 13.2. The molecule has 0 amide bonds. The maximum Gasteiger partial charge on any atom is 0.330 e. The second-order valence-corrected chi connectivity index (χ2v) is 6.47. The minimum Gasteiger partial charge on any atom is -0.300 e. The standard InChI is InChI=1S/C13H13F2N3O4S/c1-7-11(12(19)18(3)13(20)17(7)2)23(21,22)16-10-6-8(14)4-5-9(10)15/h4-6,16H,1-3H3. The summed E-state index contributed by atoms with van der Waals surface area (Å²) in [4.78, 5) is 23.1. The van der Waals surface area contributed by atoms with Gasteiger partial charge in [-0.2, -0.15) is 0 Å². The Kier molecular flexibility index (Phi) is 4.12. The van der Waals surface area contributed by atoms with Gasteiger partial charge in [-0.1, -0.05) is 0 Å². The maximum absolute atomic E-state index is 13.6. The van der Waals surface area contributed by atoms with E-state index in [0.717, 1.165) is 23.7 Å². The topological polar surface area (TPSA) is 90.2 Å². The van der Waals surface area contributed by atoms with Gasteiger partial charge in [-0.25, -0.2) is 22.0 Å². The van der Waals surface area contributed by atoms with Gasteiger partial charge in [0.05, 0.1) is 5.69 Å². The zero-order valence-electron chi connectivity index (χ0n) is 12.4. The summed E-state index contributed by atoms with van der Waals surface area (Å²) < 4.78 is 55.0. The lowest BCUT2D eigenvalue weighted by molar-refractivity contribution is 0.581. The Balaban J connectivity index is 2.69. The average Bonchev–Trinajstić information content (AvgIpc) is 2.46. The number of aromatic nitrogens is 2. The number of hydrogen-bond acceptors (Lipinski definition) is 4. The third-order valence-corrected chi connectivity index (χ3v) is 4.84. The van der Waals surface area contributed by atoms with Crippen LogP contribution >= 0.6 is 0 Å². The minimum absolute atomic E-state index is 0.123. The first kappa shape index (κ1) is 16.9. The van der Waals surface area contributed by atoms with Crippen LogP contribution in [0.4, 0.5) is 14.5 Å². The molecule has 124 valence electrons. The highest BCUT2D eigenvalue weighted by Gasteiger charge is 2.26. The second-order valence-electron chi connectivity index (χ2n) is 4.85. The molecule has 2 aromatic rings. The summed E-state index contributed by atoms with van der Waals surface area (Å²) in [6, 6.07) is 2.22. The highest BCUT2D eigenvalue weighted by Crippen LogP contribution is 2.19. The van der Waals surface area contributed by atoms with Gasteiger partial charge in [0, 0.05) is 25.9 Å². The summed E-state index contributed by atoms with van der Waals surface area (Å²) in [5.41, 5.74) is -2.53. The fourth-order valence-corrected chi connectivity index (χ4v) is 3.44. The van der Waals surface area contributed by atoms with Crippen molar-refractivity contribution in [2.24, 2.45) is 14.1 Å². The molecule has 0 unspecified atom stereocenters. The number of benzene rings is 1. The number of rotatable bonds is 3. The first-order chi connectivity index (χ1) is 10.6. The van der Waals surface area contributed by atoms with Gasteiger partial charge in [0.2, 0.25) is 0 Å². The van der Waals surface area contributed by atoms with Crippen LogP contribution in [0.1, 0.15) is 5.69 Å². The lowest BCUT2D eigenvalue weighted by Crippen LogP contribution is -2.42. The number of anilines is 1. The number of hydrogen-bond donors (Lipinski definition) is 1. The molecule has 0 spiro atoms. The van der Waals surface area contributed by atoms with Crippen molar-refractivity contribution in [2.45, 2.75) is 11.8 Å². The summed E-state index contributed by atoms with van der Waals surface area (Å²) in [6.45, 7) is 1.26. The van der Waals surface area contributed by atoms with Crippen LogP contribution in [0.15, 0.2) is 32.7 Å². The molecule has 0 aliphatic rings. The van der Waals surface area contributed by atoms with Crippen molar-refractivity contribution >= 4 is 15.7 Å². The Morgan fingerprint density at radius 3 is 2.30 bits per heavy atom. The first-order valence-corrected chi connectivity index (χ1v) is 7.79. The molecule has 0 saturated carbocycles. The third-order valence-electron chi connectivity index (χ3n) is 3.35. The molecule has 1 N–H and O–H groups in total. The van der Waals surface area contributed by atoms with E-state index in [1.54, 1.807) is 0 Å². The number of halogens is 2. The van der Waals surface area contributed by atoms with Crippen LogP contribution < -0.4 is 16.0 Å². The lowest BCUT2D eigenvalue weighted by atomic mass is 10.3. The molecule has 0 bridgehead atoms. The molecule has 10 heteroatoms. The van der Waals surface area contributed by atoms with Crippen LogP contribution in [0.25, 0.3) is 0 Å². The van der Waals surface area contributed by atoms with Crippen molar-refractivity contribution in [1.29, 1.82) is 0 Å². The van der Waals surface area contributed by atoms with Gasteiger partial charge in [0.1, 0.15) is 11.6 Å². The van der Waals surface area contributed by atoms with E-state index in [4.69, 9.17) is 0 Å². The zero-order chi connectivity index (χ0) is 17.5. The Bertz CT molecular complexity index is 1010. The van der Waals surface area contributed by atoms with Gasteiger partial charge in [0.25, 0.3) is 15.6 Å². The first-order valence-electron chi connectivity index (χ1n) is 6.30. The van der Waals surface area contributed by atoms with E-state index in [-0.39, 0.29) is 5.69 Å². The normalized spacial score (nSPS) is 11.5. The molecular weight excluding hydrogens is 332 g/mol. The number of nitrogens with zero attached hydrogens (tertiary/aromatic N) is 2. The van der Waals surface area contributed by atoms with Gasteiger partial charge in [-0.3, -0.25) is 18.7 Å². The predicted molar refractivity (Wildman–Crippen MR) is 78.8 cm³/mol. The average molecular weight is 345 g/mol. The highest BCUT2D eigenvalue weighted by molar-refractivity contribution is 7.92. The molecule has 0 radical (unpaired) electrons. The summed E-state index contributed by atoms with van der Waals surface area (Å²) in [5, 5.41) is 0. The van der Waals surface area contributed by atoms with Crippen molar-refractivity contribution in [1.82, 2.24) is 9.13 Å². The van der Waals surface area contributed by atoms with Crippen molar-refractivity contribution in [3.05, 3.63) is 56.4 Å². The van der Waals surface area contributed by atoms with Crippen molar-refractivity contribution in [3.8, 4) is 0 Å². The van der Waals surface area contributed by atoms with Gasteiger partial charge < -0.3 is 0 Å². The van der Waals surface area contributed by atoms with Crippen LogP contribution in [0.5, 0.6) is 0 Å². The number of nitrogens with one attached hydrogen (secondary N) is 1. The summed E-state index contributed by atoms with van der Waals surface area (Å²) >= 11 is 0. The summed E-state index contributed by atoms with van der Waals surface area (Å²) in [7, 11) is -2.12. The van der Waals surface area contributed by atoms with Crippen molar-refractivity contribution in [3.63, 3.8) is 0 Å². The Labute approximate surface area is 129 Å². The molecule has 1 aromatic carbocycles. The molecule has 2 rings (SSSR count). The fraction of sp³-hybridized carbons (Fsp3) is 0.231. The van der Waals surface area contributed by atoms with Gasteiger partial charge >= 0.3 is 5.69 Å². The Morgan fingerprint density at radius 2 is 1.70 bits per heavy atom. The van der Waals surface area contributed by atoms with E-state index >= 15 is 0 Å². The van der Waals surface area contributed by atoms with Crippen LogP contribution in [0.2, 0.25) is 0 Å². The van der Waals surface area contributed by atoms with E-state index < -0.39 is 43.5 Å². The summed E-state index contributed by atoms with van der Waals surface area (Å²) in [6.07, 6.45) is 0. The maximum atomic E-state index is 13.6. The Morgan fingerprint density at radius 1 is 1.09 bits per heavy atom. The SMILES string of the molecule is Cc1c(S(=O)(=O)Nc2cc(F)ccc2F)c(=O)n(C)c(=O)n1C. The predicted octanol–water partition coefficient (Wildman–Crippen LogP) is 0.471. The molecule has 1 aromatic heterocycles. The molecule has 23 heavy (non-hydrogen) atoms. The highest BCUT2D eigenvalue weighted by atomic mass is 32.2. The molecule has 1 heterocycles. The van der Waals surface area contributed by atoms with Gasteiger partial charge in [0.15, 0.2) is 4.90 Å². The second kappa shape index (κ2) is 5.61. The fourth-order valence-electron chi connectivity index (χ4n) is 2.00. The molecule has 0 saturated heterocycles. The van der Waals surface area contributed by atoms with Crippen LogP contribution in [0.3, 0.4) is 0 Å². The quantitative estimate of drug-likeness (QED) is 0.876. The number of sulfonamides is 1. The van der Waals surface area contributed by atoms with E-state index in [0.29, 0.717) is 10.6 Å². The molecule has 0 aliphatic heterocycles. The van der Waals surface area contributed by atoms with E-state index in [1.807, 2.05) is 4.72 Å². The van der Waals surface area contributed by atoms with Crippen LogP contribution in [-0.4, -0.2) is 17.6 Å². The largest absolute Gasteiger partial charge is 0.330 e. The molecular formula is C13H13F2N3O4S. The monoisotopic (exact) mass is 345 g/mol. The van der Waals surface area contributed by atoms with E-state index in [1.165, 1.54) is 14.0 Å². The lowest BCUT2D eigenvalue weighted by Gasteiger charge is -2.14. The smallest absolute Gasteiger partial charge is 0.300 e. The van der Waals surface area contributed by atoms with Crippen molar-refractivity contribution < 1.29 is 17.2 Å². The van der Waals surface area contributed by atoms with E-state index in [2.05, 4.69) is 0 Å². The van der Waals surface area contributed by atoms with Crippen LogP contribution in [-0.2, 0) is 24.1 Å². The Hall–Kier alpha value is -2.49.